The number of alkyl halides is 2. The molecule has 2 saturated heterocycles. The molecule has 0 radical (unpaired) electrons. The number of likely N-dealkylation sites (tertiary alicyclic amines) is 1. The summed E-state index contributed by atoms with van der Waals surface area (Å²) in [6.07, 6.45) is 2.14. The molecule has 2 fully saturated rings. The predicted molar refractivity (Wildman–Crippen MR) is 122 cm³/mol. The average molecular weight is 488 g/mol. The minimum absolute atomic E-state index is 0.101. The first kappa shape index (κ1) is 23.6. The van der Waals surface area contributed by atoms with Crippen molar-refractivity contribution < 1.29 is 28.2 Å². The van der Waals surface area contributed by atoms with E-state index in [1.165, 1.54) is 11.0 Å². The van der Waals surface area contributed by atoms with Gasteiger partial charge in [0.05, 0.1) is 22.8 Å². The lowest BCUT2D eigenvalue weighted by atomic mass is 9.77. The van der Waals surface area contributed by atoms with E-state index in [4.69, 9.17) is 4.74 Å². The van der Waals surface area contributed by atoms with Crippen molar-refractivity contribution in [3.63, 3.8) is 0 Å². The van der Waals surface area contributed by atoms with E-state index in [9.17, 15) is 28.3 Å². The smallest absolute Gasteiger partial charge is 0.338 e. The fourth-order valence-corrected chi connectivity index (χ4v) is 5.57. The molecule has 2 aromatic rings. The van der Waals surface area contributed by atoms with Gasteiger partial charge in [0.1, 0.15) is 6.61 Å². The molecule has 5 rings (SSSR count). The third-order valence-corrected chi connectivity index (χ3v) is 7.77. The molecule has 3 aliphatic heterocycles. The topological polar surface area (TPSA) is 92.1 Å². The molecule has 1 aromatic carbocycles. The van der Waals surface area contributed by atoms with Crippen LogP contribution in [-0.4, -0.2) is 52.6 Å². The number of carbonyl (C=O) groups is 2. The van der Waals surface area contributed by atoms with Crippen LogP contribution in [0.1, 0.15) is 59.0 Å². The quantitative estimate of drug-likeness (QED) is 0.653. The monoisotopic (exact) mass is 487 g/mol. The number of hydrogen-bond donors (Lipinski definition) is 1. The van der Waals surface area contributed by atoms with Crippen molar-refractivity contribution in [2.24, 2.45) is 5.41 Å². The third kappa shape index (κ3) is 4.04. The molecule has 0 aliphatic carbocycles. The molecule has 3 aliphatic rings. The van der Waals surface area contributed by atoms with Gasteiger partial charge >= 0.3 is 12.5 Å². The molecule has 4 heterocycles. The molecule has 1 aromatic heterocycles. The van der Waals surface area contributed by atoms with E-state index in [0.717, 1.165) is 29.0 Å². The van der Waals surface area contributed by atoms with Crippen LogP contribution in [0.3, 0.4) is 0 Å². The van der Waals surface area contributed by atoms with Crippen molar-refractivity contribution in [3.8, 4) is 0 Å². The van der Waals surface area contributed by atoms with Gasteiger partial charge in [0.15, 0.2) is 0 Å². The van der Waals surface area contributed by atoms with Crippen molar-refractivity contribution in [1.29, 1.82) is 0 Å². The number of aliphatic hydroxyl groups excluding tert-OH is 1. The lowest BCUT2D eigenvalue weighted by Crippen LogP contribution is -2.45. The first-order valence-corrected chi connectivity index (χ1v) is 11.7. The number of amides is 1. The van der Waals surface area contributed by atoms with Crippen LogP contribution in [0, 0.1) is 12.3 Å². The summed E-state index contributed by atoms with van der Waals surface area (Å²) in [6, 6.07) is 5.95. The maximum Gasteiger partial charge on any atom is 0.338 e. The van der Waals surface area contributed by atoms with E-state index in [2.05, 4.69) is 4.90 Å². The van der Waals surface area contributed by atoms with Crippen LogP contribution in [0.2, 0.25) is 0 Å². The second-order valence-corrected chi connectivity index (χ2v) is 9.60. The zero-order valence-electron chi connectivity index (χ0n) is 19.4. The summed E-state index contributed by atoms with van der Waals surface area (Å²) in [5, 5.41) is 10.9. The third-order valence-electron chi connectivity index (χ3n) is 7.77. The Morgan fingerprint density at radius 2 is 1.77 bits per heavy atom. The minimum atomic E-state index is -2.97. The summed E-state index contributed by atoms with van der Waals surface area (Å²) < 4.78 is 31.7. The molecule has 1 N–H and O–H groups in total. The first-order valence-electron chi connectivity index (χ1n) is 11.7. The average Bonchev–Trinajstić information content (AvgIpc) is 3.36. The number of aromatic nitrogens is 1. The van der Waals surface area contributed by atoms with Crippen LogP contribution in [0.5, 0.6) is 0 Å². The summed E-state index contributed by atoms with van der Waals surface area (Å²) >= 11 is 0. The van der Waals surface area contributed by atoms with Gasteiger partial charge in [0.2, 0.25) is 5.91 Å². The van der Waals surface area contributed by atoms with Gasteiger partial charge in [-0.15, -0.1) is 0 Å². The summed E-state index contributed by atoms with van der Waals surface area (Å²) in [5.41, 5.74) is 1.93. The Morgan fingerprint density at radius 3 is 2.49 bits per heavy atom. The molecule has 0 saturated carbocycles. The lowest BCUT2D eigenvalue weighted by Gasteiger charge is -2.38. The lowest BCUT2D eigenvalue weighted by molar-refractivity contribution is -0.128. The van der Waals surface area contributed by atoms with E-state index < -0.39 is 23.6 Å². The van der Waals surface area contributed by atoms with Crippen LogP contribution in [0.4, 0.5) is 14.5 Å². The summed E-state index contributed by atoms with van der Waals surface area (Å²) in [6.45, 7) is 1.21. The van der Waals surface area contributed by atoms with Gasteiger partial charge in [-0.05, 0) is 62.5 Å². The van der Waals surface area contributed by atoms with Gasteiger partial charge < -0.3 is 19.6 Å². The van der Waals surface area contributed by atoms with Gasteiger partial charge in [0.25, 0.3) is 5.56 Å². The number of pyridine rings is 1. The number of benzene rings is 1. The highest BCUT2D eigenvalue weighted by atomic mass is 19.3. The molecule has 1 atom stereocenters. The Morgan fingerprint density at radius 1 is 1.06 bits per heavy atom. The number of esters is 1. The van der Waals surface area contributed by atoms with Crippen LogP contribution < -0.4 is 10.5 Å². The number of aliphatic hydroxyl groups is 1. The molecule has 8 nitrogen and oxygen atoms in total. The van der Waals surface area contributed by atoms with Crippen molar-refractivity contribution in [1.82, 2.24) is 9.47 Å². The van der Waals surface area contributed by atoms with Gasteiger partial charge in [0, 0.05) is 30.9 Å². The zero-order valence-corrected chi connectivity index (χ0v) is 19.4. The van der Waals surface area contributed by atoms with Crippen molar-refractivity contribution in [2.75, 3.05) is 31.1 Å². The number of fused-ring (bicyclic) bond motifs is 1. The number of β-amino-alcohol motifs (C(OH)–C–C–N with tert-alkyl or cyclic N) is 1. The second kappa shape index (κ2) is 8.83. The number of halogens is 2. The largest absolute Gasteiger partial charge is 0.457 e. The van der Waals surface area contributed by atoms with E-state index in [1.54, 1.807) is 12.1 Å². The van der Waals surface area contributed by atoms with Gasteiger partial charge in [-0.1, -0.05) is 6.07 Å². The Balaban J connectivity index is 1.24. The van der Waals surface area contributed by atoms with Gasteiger partial charge in [-0.2, -0.15) is 8.78 Å². The summed E-state index contributed by atoms with van der Waals surface area (Å²) in [5.74, 6) is -0.440. The van der Waals surface area contributed by atoms with Crippen LogP contribution in [0.25, 0.3) is 0 Å². The Hall–Kier alpha value is -3.11. The van der Waals surface area contributed by atoms with Gasteiger partial charge in [-0.3, -0.25) is 14.2 Å². The zero-order chi connectivity index (χ0) is 24.9. The van der Waals surface area contributed by atoms with Crippen LogP contribution in [-0.2, 0) is 16.1 Å². The SMILES string of the molecule is Cc1c(C(O)CN2CCC3(CC2)CCN(c2ccc(=O)n(C(F)F)c2)C3=O)ccc2c1COC2=O. The number of rotatable bonds is 5. The molecule has 186 valence electrons. The number of nitrogens with zero attached hydrogens (tertiary/aromatic N) is 3. The number of ether oxygens (including phenoxy) is 1. The second-order valence-electron chi connectivity index (χ2n) is 9.60. The molecule has 0 bridgehead atoms. The van der Waals surface area contributed by atoms with Crippen molar-refractivity contribution in [3.05, 3.63) is 63.1 Å². The van der Waals surface area contributed by atoms with Gasteiger partial charge in [-0.25, -0.2) is 4.79 Å². The molecular formula is C25H27F2N3O5. The fraction of sp³-hybridized carbons (Fsp3) is 0.480. The highest BCUT2D eigenvalue weighted by Crippen LogP contribution is 2.43. The highest BCUT2D eigenvalue weighted by molar-refractivity contribution is 5.99. The van der Waals surface area contributed by atoms with Crippen LogP contribution in [0.15, 0.2) is 35.3 Å². The van der Waals surface area contributed by atoms with E-state index in [0.29, 0.717) is 61.3 Å². The molecular weight excluding hydrogens is 460 g/mol. The Kier molecular flexibility index (Phi) is 5.96. The molecule has 10 heteroatoms. The van der Waals surface area contributed by atoms with Crippen molar-refractivity contribution >= 4 is 17.6 Å². The molecule has 1 unspecified atom stereocenters. The van der Waals surface area contributed by atoms with Crippen LogP contribution >= 0.6 is 0 Å². The summed E-state index contributed by atoms with van der Waals surface area (Å²) in [4.78, 5) is 40.4. The maximum atomic E-state index is 13.3. The highest BCUT2D eigenvalue weighted by Gasteiger charge is 2.48. The van der Waals surface area contributed by atoms with E-state index >= 15 is 0 Å². The summed E-state index contributed by atoms with van der Waals surface area (Å²) in [7, 11) is 0. The van der Waals surface area contributed by atoms with E-state index in [-0.39, 0.29) is 18.5 Å². The first-order chi connectivity index (χ1) is 16.7. The molecule has 1 spiro atoms. The number of carbonyl (C=O) groups excluding carboxylic acids is 2. The fourth-order valence-electron chi connectivity index (χ4n) is 5.57. The molecule has 35 heavy (non-hydrogen) atoms. The number of anilines is 1. The maximum absolute atomic E-state index is 13.3. The standard InChI is InChI=1S/C25H27F2N3O5/c1-15-17(3-4-18-19(15)14-35-22(18)33)20(31)13-28-9-6-25(7-10-28)8-11-29(23(25)34)16-2-5-21(32)30(12-16)24(26)27/h2-5,12,20,24,31H,6-11,13-14H2,1H3. The number of hydrogen-bond acceptors (Lipinski definition) is 6. The number of cyclic esters (lactones) is 1. The minimum Gasteiger partial charge on any atom is -0.457 e. The van der Waals surface area contributed by atoms with E-state index in [1.807, 2.05) is 6.92 Å². The predicted octanol–water partition coefficient (Wildman–Crippen LogP) is 2.77. The molecule has 1 amide bonds. The normalized spacial score (nSPS) is 20.5. The number of piperidine rings is 1. The Labute approximate surface area is 200 Å². The Bertz CT molecular complexity index is 1240. The van der Waals surface area contributed by atoms with Crippen molar-refractivity contribution in [2.45, 2.75) is 45.4 Å².